The van der Waals surface area contributed by atoms with E-state index >= 15 is 0 Å². The average molecular weight is 454 g/mol. The van der Waals surface area contributed by atoms with E-state index in [9.17, 15) is 20.4 Å². The summed E-state index contributed by atoms with van der Waals surface area (Å²) < 4.78 is 11.3. The first-order valence-corrected chi connectivity index (χ1v) is 10.9. The number of hydrogen-bond donors (Lipinski definition) is 5. The van der Waals surface area contributed by atoms with E-state index in [1.54, 1.807) is 30.3 Å². The maximum atomic E-state index is 10.3. The third-order valence-electron chi connectivity index (χ3n) is 5.19. The van der Waals surface area contributed by atoms with Crippen molar-refractivity contribution in [1.29, 1.82) is 0 Å². The molecule has 0 amide bonds. The Morgan fingerprint density at radius 3 is 2.45 bits per heavy atom. The number of rotatable bonds is 13. The fraction of sp³-hybridized carbons (Fsp3) is 0.308. The van der Waals surface area contributed by atoms with E-state index in [4.69, 9.17) is 9.47 Å². The van der Waals surface area contributed by atoms with Crippen LogP contribution in [0.25, 0.3) is 0 Å². The van der Waals surface area contributed by atoms with Crippen LogP contribution in [-0.4, -0.2) is 46.7 Å². The van der Waals surface area contributed by atoms with Gasteiger partial charge in [-0.1, -0.05) is 30.3 Å². The van der Waals surface area contributed by atoms with Crippen molar-refractivity contribution >= 4 is 0 Å². The smallest absolute Gasteiger partial charge is 0.121 e. The molecule has 0 saturated carbocycles. The van der Waals surface area contributed by atoms with Gasteiger partial charge in [0.1, 0.15) is 23.9 Å². The normalized spacial score (nSPS) is 11.9. The van der Waals surface area contributed by atoms with Gasteiger partial charge in [-0.25, -0.2) is 0 Å². The highest BCUT2D eigenvalue weighted by atomic mass is 16.5. The molecule has 33 heavy (non-hydrogen) atoms. The van der Waals surface area contributed by atoms with E-state index in [2.05, 4.69) is 5.32 Å². The summed E-state index contributed by atoms with van der Waals surface area (Å²) in [6, 6.07) is 19.6. The molecule has 0 aliphatic heterocycles. The molecule has 1 atom stereocenters. The van der Waals surface area contributed by atoms with Gasteiger partial charge in [-0.15, -0.1) is 0 Å². The van der Waals surface area contributed by atoms with E-state index in [0.717, 1.165) is 23.3 Å². The molecule has 0 aromatic heterocycles. The van der Waals surface area contributed by atoms with Crippen molar-refractivity contribution in [3.8, 4) is 17.2 Å². The summed E-state index contributed by atoms with van der Waals surface area (Å²) >= 11 is 0. The largest absolute Gasteiger partial charge is 0.508 e. The number of aromatic hydroxyl groups is 2. The second kappa shape index (κ2) is 12.8. The molecule has 176 valence electrons. The van der Waals surface area contributed by atoms with E-state index in [0.29, 0.717) is 44.0 Å². The first-order valence-electron chi connectivity index (χ1n) is 10.9. The van der Waals surface area contributed by atoms with Crippen molar-refractivity contribution in [2.45, 2.75) is 25.7 Å². The zero-order valence-electron chi connectivity index (χ0n) is 18.5. The van der Waals surface area contributed by atoms with Crippen molar-refractivity contribution in [3.63, 3.8) is 0 Å². The first kappa shape index (κ1) is 24.5. The summed E-state index contributed by atoms with van der Waals surface area (Å²) in [5.41, 5.74) is 3.11. The van der Waals surface area contributed by atoms with Crippen molar-refractivity contribution in [1.82, 2.24) is 5.32 Å². The molecule has 0 spiro atoms. The SMILES string of the molecule is OCc1cc([C@@H](O)CNCCc2ccc(OCCOCc3cccc(O)c3)cc2)ccc1O. The number of aliphatic hydroxyl groups is 2. The first-order chi connectivity index (χ1) is 16.0. The minimum Gasteiger partial charge on any atom is -0.508 e. The number of nitrogens with one attached hydrogen (secondary N) is 1. The summed E-state index contributed by atoms with van der Waals surface area (Å²) in [5, 5.41) is 41.8. The molecular weight excluding hydrogens is 422 g/mol. The summed E-state index contributed by atoms with van der Waals surface area (Å²) in [6.45, 7) is 2.11. The van der Waals surface area contributed by atoms with E-state index in [1.165, 1.54) is 6.07 Å². The van der Waals surface area contributed by atoms with Crippen molar-refractivity contribution in [2.75, 3.05) is 26.3 Å². The molecule has 0 heterocycles. The van der Waals surface area contributed by atoms with Crippen LogP contribution in [0.1, 0.15) is 28.4 Å². The molecule has 0 aliphatic rings. The van der Waals surface area contributed by atoms with Crippen LogP contribution in [0, 0.1) is 0 Å². The maximum Gasteiger partial charge on any atom is 0.121 e. The van der Waals surface area contributed by atoms with Gasteiger partial charge < -0.3 is 35.2 Å². The fourth-order valence-electron chi connectivity index (χ4n) is 3.34. The molecule has 0 unspecified atom stereocenters. The summed E-state index contributed by atoms with van der Waals surface area (Å²) in [5.74, 6) is 1.03. The van der Waals surface area contributed by atoms with E-state index in [-0.39, 0.29) is 18.1 Å². The fourth-order valence-corrected chi connectivity index (χ4v) is 3.34. The molecule has 0 bridgehead atoms. The summed E-state index contributed by atoms with van der Waals surface area (Å²) in [7, 11) is 0. The quantitative estimate of drug-likeness (QED) is 0.253. The lowest BCUT2D eigenvalue weighted by atomic mass is 10.1. The van der Waals surface area contributed by atoms with Crippen LogP contribution < -0.4 is 10.1 Å². The second-order valence-electron chi connectivity index (χ2n) is 7.73. The molecule has 7 heteroatoms. The van der Waals surface area contributed by atoms with Gasteiger partial charge in [0, 0.05) is 12.1 Å². The van der Waals surface area contributed by atoms with Gasteiger partial charge in [0.15, 0.2) is 0 Å². The third-order valence-corrected chi connectivity index (χ3v) is 5.19. The lowest BCUT2D eigenvalue weighted by Crippen LogP contribution is -2.23. The molecule has 3 rings (SSSR count). The van der Waals surface area contributed by atoms with Gasteiger partial charge in [-0.05, 0) is 66.1 Å². The zero-order valence-corrected chi connectivity index (χ0v) is 18.5. The molecule has 0 radical (unpaired) electrons. The predicted octanol–water partition coefficient (Wildman–Crippen LogP) is 3.05. The number of ether oxygens (including phenoxy) is 2. The number of phenols is 2. The van der Waals surface area contributed by atoms with Crippen LogP contribution in [-0.2, 0) is 24.4 Å². The van der Waals surface area contributed by atoms with Gasteiger partial charge in [0.2, 0.25) is 0 Å². The minimum absolute atomic E-state index is 0.0229. The van der Waals surface area contributed by atoms with Gasteiger partial charge >= 0.3 is 0 Å². The highest BCUT2D eigenvalue weighted by molar-refractivity contribution is 5.36. The monoisotopic (exact) mass is 453 g/mol. The highest BCUT2D eigenvalue weighted by Crippen LogP contribution is 2.22. The minimum atomic E-state index is -0.721. The summed E-state index contributed by atoms with van der Waals surface area (Å²) in [6.07, 6.45) is 0.0822. The van der Waals surface area contributed by atoms with Crippen LogP contribution in [0.4, 0.5) is 0 Å². The Labute approximate surface area is 193 Å². The zero-order chi connectivity index (χ0) is 23.5. The van der Waals surface area contributed by atoms with E-state index in [1.807, 2.05) is 30.3 Å². The van der Waals surface area contributed by atoms with E-state index < -0.39 is 6.10 Å². The van der Waals surface area contributed by atoms with Crippen LogP contribution in [0.2, 0.25) is 0 Å². The lowest BCUT2D eigenvalue weighted by Gasteiger charge is -2.14. The second-order valence-corrected chi connectivity index (χ2v) is 7.73. The van der Waals surface area contributed by atoms with Crippen LogP contribution in [0.5, 0.6) is 17.2 Å². The molecular formula is C26H31NO6. The number of hydrogen-bond acceptors (Lipinski definition) is 7. The Kier molecular flexibility index (Phi) is 9.53. The van der Waals surface area contributed by atoms with Gasteiger partial charge in [0.05, 0.1) is 25.9 Å². The topological polar surface area (TPSA) is 111 Å². The molecule has 0 saturated heterocycles. The molecule has 3 aromatic rings. The van der Waals surface area contributed by atoms with Crippen LogP contribution in [0.15, 0.2) is 66.7 Å². The Balaban J connectivity index is 1.31. The predicted molar refractivity (Wildman–Crippen MR) is 125 cm³/mol. The highest BCUT2D eigenvalue weighted by Gasteiger charge is 2.10. The molecule has 0 fully saturated rings. The van der Waals surface area contributed by atoms with Gasteiger partial charge in [-0.3, -0.25) is 0 Å². The average Bonchev–Trinajstić information content (AvgIpc) is 2.82. The molecule has 5 N–H and O–H groups in total. The number of benzene rings is 3. The molecule has 7 nitrogen and oxygen atoms in total. The van der Waals surface area contributed by atoms with Crippen LogP contribution >= 0.6 is 0 Å². The Bertz CT molecular complexity index is 992. The van der Waals surface area contributed by atoms with Crippen molar-refractivity contribution < 1.29 is 29.9 Å². The Morgan fingerprint density at radius 1 is 0.879 bits per heavy atom. The number of phenolic OH excluding ortho intramolecular Hbond substituents is 1. The van der Waals surface area contributed by atoms with Crippen molar-refractivity contribution in [2.24, 2.45) is 0 Å². The lowest BCUT2D eigenvalue weighted by molar-refractivity contribution is 0.0888. The summed E-state index contributed by atoms with van der Waals surface area (Å²) in [4.78, 5) is 0. The molecule has 0 aliphatic carbocycles. The number of aliphatic hydroxyl groups excluding tert-OH is 2. The standard InChI is InChI=1S/C26H31NO6/c28-17-22-15-21(6-9-25(22)30)26(31)16-27-11-10-19-4-7-24(8-5-19)33-13-12-32-18-20-2-1-3-23(29)14-20/h1-9,14-15,26-31H,10-13,16-18H2/t26-/m0/s1. The molecule has 3 aromatic carbocycles. The Morgan fingerprint density at radius 2 is 1.70 bits per heavy atom. The van der Waals surface area contributed by atoms with Crippen LogP contribution in [0.3, 0.4) is 0 Å². The maximum absolute atomic E-state index is 10.3. The van der Waals surface area contributed by atoms with Gasteiger partial charge in [-0.2, -0.15) is 0 Å². The van der Waals surface area contributed by atoms with Gasteiger partial charge in [0.25, 0.3) is 0 Å². The van der Waals surface area contributed by atoms with Crippen molar-refractivity contribution in [3.05, 3.63) is 89.0 Å². The Hall–Kier alpha value is -3.10. The third kappa shape index (κ3) is 8.07.